The van der Waals surface area contributed by atoms with Crippen LogP contribution in [0.1, 0.15) is 30.1 Å². The van der Waals surface area contributed by atoms with E-state index in [0.29, 0.717) is 17.1 Å². The van der Waals surface area contributed by atoms with Crippen LogP contribution in [0.4, 0.5) is 11.4 Å². The topological polar surface area (TPSA) is 81.5 Å². The van der Waals surface area contributed by atoms with Gasteiger partial charge in [0.05, 0.1) is 17.1 Å². The van der Waals surface area contributed by atoms with Gasteiger partial charge in [0, 0.05) is 11.8 Å². The van der Waals surface area contributed by atoms with Gasteiger partial charge in [0.2, 0.25) is 0 Å². The normalized spacial score (nSPS) is 10.2. The van der Waals surface area contributed by atoms with Gasteiger partial charge in [-0.1, -0.05) is 25.5 Å². The van der Waals surface area contributed by atoms with E-state index in [1.165, 1.54) is 6.07 Å². The van der Waals surface area contributed by atoms with Gasteiger partial charge < -0.3 is 9.46 Å². The lowest BCUT2D eigenvalue weighted by molar-refractivity contribution is -0.387. The number of benzene rings is 2. The molecule has 2 rings (SSSR count). The average molecular weight is 346 g/mol. The Bertz CT molecular complexity index is 704. The van der Waals surface area contributed by atoms with E-state index in [4.69, 9.17) is 4.74 Å². The zero-order chi connectivity index (χ0) is 17.4. The van der Waals surface area contributed by atoms with Gasteiger partial charge >= 0.3 is 5.97 Å². The molecule has 0 saturated carbocycles. The Hall–Kier alpha value is -2.54. The van der Waals surface area contributed by atoms with E-state index in [-0.39, 0.29) is 11.7 Å². The molecule has 0 spiro atoms. The van der Waals surface area contributed by atoms with Gasteiger partial charge in [-0.05, 0) is 48.7 Å². The molecule has 0 aliphatic heterocycles. The van der Waals surface area contributed by atoms with Crippen molar-refractivity contribution in [3.05, 3.63) is 64.2 Å². The quantitative estimate of drug-likeness (QED) is 0.246. The first-order valence-electron chi connectivity index (χ1n) is 7.55. The smallest absolute Gasteiger partial charge is 0.338 e. The van der Waals surface area contributed by atoms with Gasteiger partial charge in [0.25, 0.3) is 5.69 Å². The SMILES string of the molecule is CCCCOC(=O)c1ccc(NSc2ccccc2[N+](=O)[O-])cc1. The second kappa shape index (κ2) is 8.93. The number of hydrogen-bond donors (Lipinski definition) is 1. The summed E-state index contributed by atoms with van der Waals surface area (Å²) in [6.45, 7) is 2.45. The Morgan fingerprint density at radius 3 is 2.58 bits per heavy atom. The molecule has 1 N–H and O–H groups in total. The molecule has 7 heteroatoms. The number of ether oxygens (including phenoxy) is 1. The maximum atomic E-state index is 11.8. The summed E-state index contributed by atoms with van der Waals surface area (Å²) in [5.74, 6) is -0.346. The fraction of sp³-hybridized carbons (Fsp3) is 0.235. The Morgan fingerprint density at radius 1 is 1.21 bits per heavy atom. The first kappa shape index (κ1) is 17.8. The van der Waals surface area contributed by atoms with Crippen LogP contribution in [0.3, 0.4) is 0 Å². The summed E-state index contributed by atoms with van der Waals surface area (Å²) >= 11 is 1.15. The molecule has 0 atom stereocenters. The molecule has 0 unspecified atom stereocenters. The molecule has 0 aromatic heterocycles. The van der Waals surface area contributed by atoms with Crippen molar-refractivity contribution in [3.63, 3.8) is 0 Å². The number of carbonyl (C=O) groups is 1. The molecule has 0 fully saturated rings. The van der Waals surface area contributed by atoms with Gasteiger partial charge in [0.15, 0.2) is 0 Å². The standard InChI is InChI=1S/C17H18N2O4S/c1-2-3-12-23-17(20)13-8-10-14(11-9-13)18-24-16-7-5-4-6-15(16)19(21)22/h4-11,18H,2-3,12H2,1H3. The van der Waals surface area contributed by atoms with Crippen LogP contribution in [0.15, 0.2) is 53.4 Å². The number of carbonyl (C=O) groups excluding carboxylic acids is 1. The maximum Gasteiger partial charge on any atom is 0.338 e. The fourth-order valence-electron chi connectivity index (χ4n) is 1.88. The third-order valence-corrected chi connectivity index (χ3v) is 4.10. The summed E-state index contributed by atoms with van der Waals surface area (Å²) < 4.78 is 8.17. The molecule has 0 heterocycles. The molecule has 0 saturated heterocycles. The highest BCUT2D eigenvalue weighted by Gasteiger charge is 2.13. The number of hydrogen-bond acceptors (Lipinski definition) is 6. The van der Waals surface area contributed by atoms with Crippen molar-refractivity contribution in [1.82, 2.24) is 0 Å². The highest BCUT2D eigenvalue weighted by atomic mass is 32.2. The van der Waals surface area contributed by atoms with Gasteiger partial charge in [-0.2, -0.15) is 0 Å². The molecule has 0 amide bonds. The molecular weight excluding hydrogens is 328 g/mol. The second-order valence-corrected chi connectivity index (χ2v) is 5.84. The lowest BCUT2D eigenvalue weighted by Gasteiger charge is -2.07. The maximum absolute atomic E-state index is 11.8. The molecule has 24 heavy (non-hydrogen) atoms. The minimum absolute atomic E-state index is 0.0473. The summed E-state index contributed by atoms with van der Waals surface area (Å²) in [6.07, 6.45) is 1.82. The summed E-state index contributed by atoms with van der Waals surface area (Å²) in [5, 5.41) is 11.0. The van der Waals surface area contributed by atoms with Crippen LogP contribution in [-0.2, 0) is 4.74 Å². The third kappa shape index (κ3) is 4.99. The number of nitro benzene ring substituents is 1. The van der Waals surface area contributed by atoms with Crippen LogP contribution in [0, 0.1) is 10.1 Å². The second-order valence-electron chi connectivity index (χ2n) is 5.00. The highest BCUT2D eigenvalue weighted by Crippen LogP contribution is 2.29. The fourth-order valence-corrected chi connectivity index (χ4v) is 2.63. The highest BCUT2D eigenvalue weighted by molar-refractivity contribution is 8.00. The van der Waals surface area contributed by atoms with Crippen molar-refractivity contribution < 1.29 is 14.5 Å². The molecule has 2 aromatic rings. The lowest BCUT2D eigenvalue weighted by atomic mass is 10.2. The van der Waals surface area contributed by atoms with Crippen LogP contribution < -0.4 is 4.72 Å². The number of nitro groups is 1. The minimum Gasteiger partial charge on any atom is -0.462 e. The molecule has 0 radical (unpaired) electrons. The zero-order valence-electron chi connectivity index (χ0n) is 13.2. The van der Waals surface area contributed by atoms with Crippen LogP contribution in [0.2, 0.25) is 0 Å². The zero-order valence-corrected chi connectivity index (χ0v) is 14.0. The number of unbranched alkanes of at least 4 members (excludes halogenated alkanes) is 1. The lowest BCUT2D eigenvalue weighted by Crippen LogP contribution is -2.06. The van der Waals surface area contributed by atoms with E-state index in [2.05, 4.69) is 4.72 Å². The van der Waals surface area contributed by atoms with Crippen molar-refractivity contribution in [2.75, 3.05) is 11.3 Å². The van der Waals surface area contributed by atoms with Crippen molar-refractivity contribution in [1.29, 1.82) is 0 Å². The molecule has 6 nitrogen and oxygen atoms in total. The van der Waals surface area contributed by atoms with Crippen LogP contribution in [-0.4, -0.2) is 17.5 Å². The third-order valence-electron chi connectivity index (χ3n) is 3.19. The Morgan fingerprint density at radius 2 is 1.92 bits per heavy atom. The van der Waals surface area contributed by atoms with Crippen LogP contribution in [0.5, 0.6) is 0 Å². The van der Waals surface area contributed by atoms with Crippen molar-refractivity contribution in [2.45, 2.75) is 24.7 Å². The number of nitrogens with zero attached hydrogens (tertiary/aromatic N) is 1. The number of rotatable bonds is 8. The first-order valence-corrected chi connectivity index (χ1v) is 8.37. The predicted octanol–water partition coefficient (Wildman–Crippen LogP) is 4.67. The van der Waals surface area contributed by atoms with Gasteiger partial charge in [-0.3, -0.25) is 10.1 Å². The number of nitrogens with one attached hydrogen (secondary N) is 1. The summed E-state index contributed by atoms with van der Waals surface area (Å²) in [5.41, 5.74) is 1.27. The number of para-hydroxylation sites is 1. The van der Waals surface area contributed by atoms with E-state index < -0.39 is 4.92 Å². The van der Waals surface area contributed by atoms with Gasteiger partial charge in [0.1, 0.15) is 4.90 Å². The summed E-state index contributed by atoms with van der Waals surface area (Å²) in [6, 6.07) is 13.3. The predicted molar refractivity (Wildman–Crippen MR) is 94.2 cm³/mol. The number of esters is 1. The van der Waals surface area contributed by atoms with E-state index >= 15 is 0 Å². The van der Waals surface area contributed by atoms with E-state index in [1.807, 2.05) is 6.92 Å². The Kier molecular flexibility index (Phi) is 6.62. The minimum atomic E-state index is -0.417. The van der Waals surface area contributed by atoms with Crippen molar-refractivity contribution >= 4 is 29.3 Å². The molecule has 0 bridgehead atoms. The van der Waals surface area contributed by atoms with Crippen LogP contribution in [0.25, 0.3) is 0 Å². The van der Waals surface area contributed by atoms with Gasteiger partial charge in [-0.15, -0.1) is 0 Å². The summed E-state index contributed by atoms with van der Waals surface area (Å²) in [4.78, 5) is 22.9. The van der Waals surface area contributed by atoms with Gasteiger partial charge in [-0.25, -0.2) is 4.79 Å². The van der Waals surface area contributed by atoms with Crippen molar-refractivity contribution in [2.24, 2.45) is 0 Å². The summed E-state index contributed by atoms with van der Waals surface area (Å²) in [7, 11) is 0. The Balaban J connectivity index is 1.95. The Labute approximate surface area is 144 Å². The van der Waals surface area contributed by atoms with E-state index in [1.54, 1.807) is 42.5 Å². The largest absolute Gasteiger partial charge is 0.462 e. The number of anilines is 1. The van der Waals surface area contributed by atoms with E-state index in [9.17, 15) is 14.9 Å². The average Bonchev–Trinajstić information content (AvgIpc) is 2.60. The first-order chi connectivity index (χ1) is 11.6. The molecule has 0 aliphatic carbocycles. The molecular formula is C17H18N2O4S. The van der Waals surface area contributed by atoms with E-state index in [0.717, 1.165) is 30.5 Å². The van der Waals surface area contributed by atoms with Crippen LogP contribution >= 0.6 is 11.9 Å². The molecule has 0 aliphatic rings. The monoisotopic (exact) mass is 346 g/mol. The van der Waals surface area contributed by atoms with Crippen molar-refractivity contribution in [3.8, 4) is 0 Å². The molecule has 2 aromatic carbocycles. The molecule has 126 valence electrons.